The van der Waals surface area contributed by atoms with Gasteiger partial charge >= 0.3 is 0 Å². The molecule has 0 unspecified atom stereocenters. The van der Waals surface area contributed by atoms with Gasteiger partial charge in [0.2, 0.25) is 0 Å². The van der Waals surface area contributed by atoms with E-state index in [1.807, 2.05) is 29.1 Å². The number of halogens is 1. The summed E-state index contributed by atoms with van der Waals surface area (Å²) in [7, 11) is 0. The summed E-state index contributed by atoms with van der Waals surface area (Å²) in [6.07, 6.45) is 1.99. The highest BCUT2D eigenvalue weighted by atomic mass is 35.5. The van der Waals surface area contributed by atoms with Crippen molar-refractivity contribution >= 4 is 17.3 Å². The summed E-state index contributed by atoms with van der Waals surface area (Å²) in [6.45, 7) is 10.8. The van der Waals surface area contributed by atoms with Crippen LogP contribution in [0.5, 0.6) is 0 Å². The Morgan fingerprint density at radius 3 is 2.55 bits per heavy atom. The minimum atomic E-state index is -0.000966. The lowest BCUT2D eigenvalue weighted by Gasteiger charge is -2.32. The van der Waals surface area contributed by atoms with Gasteiger partial charge in [-0.05, 0) is 18.2 Å². The summed E-state index contributed by atoms with van der Waals surface area (Å²) in [4.78, 5) is 2.42. The minimum Gasteiger partial charge on any atom is -0.366 e. The molecule has 1 fully saturated rings. The first-order valence-corrected chi connectivity index (χ1v) is 8.15. The molecule has 22 heavy (non-hydrogen) atoms. The molecule has 0 radical (unpaired) electrons. The number of rotatable bonds is 2. The molecule has 0 spiro atoms. The average Bonchev–Trinajstić information content (AvgIpc) is 2.93. The number of nitrogens with one attached hydrogen (secondary N) is 1. The number of benzene rings is 1. The van der Waals surface area contributed by atoms with Gasteiger partial charge in [-0.2, -0.15) is 5.10 Å². The summed E-state index contributed by atoms with van der Waals surface area (Å²) in [6, 6.07) is 7.87. The summed E-state index contributed by atoms with van der Waals surface area (Å²) in [5.74, 6) is 0. The van der Waals surface area contributed by atoms with Crippen molar-refractivity contribution in [3.8, 4) is 5.69 Å². The molecule has 1 aromatic carbocycles. The molecule has 2 aromatic rings. The monoisotopic (exact) mass is 318 g/mol. The summed E-state index contributed by atoms with van der Waals surface area (Å²) >= 11 is 6.16. The van der Waals surface area contributed by atoms with E-state index in [0.717, 1.165) is 36.9 Å². The van der Waals surface area contributed by atoms with Gasteiger partial charge < -0.3 is 10.2 Å². The molecular weight excluding hydrogens is 296 g/mol. The van der Waals surface area contributed by atoms with Gasteiger partial charge in [0.15, 0.2) is 0 Å². The Morgan fingerprint density at radius 2 is 1.91 bits per heavy atom. The van der Waals surface area contributed by atoms with Crippen molar-refractivity contribution in [2.75, 3.05) is 31.1 Å². The zero-order valence-corrected chi connectivity index (χ0v) is 14.2. The molecular formula is C17H23ClN4. The van der Waals surface area contributed by atoms with Crippen LogP contribution in [0.2, 0.25) is 5.02 Å². The fourth-order valence-electron chi connectivity index (χ4n) is 2.98. The zero-order valence-electron chi connectivity index (χ0n) is 13.4. The molecule has 1 aliphatic rings. The van der Waals surface area contributed by atoms with Crippen LogP contribution in [-0.2, 0) is 5.41 Å². The maximum atomic E-state index is 6.16. The van der Waals surface area contributed by atoms with Crippen LogP contribution < -0.4 is 10.2 Å². The van der Waals surface area contributed by atoms with Gasteiger partial charge in [0.05, 0.1) is 23.3 Å². The molecule has 0 aliphatic carbocycles. The molecule has 0 saturated carbocycles. The van der Waals surface area contributed by atoms with Gasteiger partial charge in [0.25, 0.3) is 0 Å². The van der Waals surface area contributed by atoms with Crippen molar-refractivity contribution < 1.29 is 0 Å². The van der Waals surface area contributed by atoms with Crippen molar-refractivity contribution in [2.24, 2.45) is 0 Å². The molecule has 1 aliphatic heterocycles. The molecule has 3 rings (SSSR count). The number of nitrogens with zero attached hydrogens (tertiary/aromatic N) is 3. The third-order valence-corrected chi connectivity index (χ3v) is 4.21. The van der Waals surface area contributed by atoms with E-state index in [1.54, 1.807) is 0 Å². The SMILES string of the molecule is CC(C)(C)c1c(N2CCNCC2)cnn1-c1cccc(Cl)c1. The largest absolute Gasteiger partial charge is 0.366 e. The van der Waals surface area contributed by atoms with E-state index in [-0.39, 0.29) is 5.41 Å². The Balaban J connectivity index is 2.09. The van der Waals surface area contributed by atoms with E-state index in [9.17, 15) is 0 Å². The third kappa shape index (κ3) is 2.99. The highest BCUT2D eigenvalue weighted by Crippen LogP contribution is 2.34. The van der Waals surface area contributed by atoms with Gasteiger partial charge in [0, 0.05) is 36.6 Å². The lowest BCUT2D eigenvalue weighted by molar-refractivity contribution is 0.534. The van der Waals surface area contributed by atoms with E-state index in [0.29, 0.717) is 0 Å². The molecule has 1 N–H and O–H groups in total. The average molecular weight is 319 g/mol. The fourth-order valence-corrected chi connectivity index (χ4v) is 3.17. The molecule has 118 valence electrons. The molecule has 1 aromatic heterocycles. The van der Waals surface area contributed by atoms with Gasteiger partial charge in [0.1, 0.15) is 0 Å². The Bertz CT molecular complexity index is 651. The summed E-state index contributed by atoms with van der Waals surface area (Å²) < 4.78 is 2.03. The Kier molecular flexibility index (Phi) is 4.15. The number of aromatic nitrogens is 2. The Labute approximate surface area is 137 Å². The smallest absolute Gasteiger partial charge is 0.0796 e. The second-order valence-corrected chi connectivity index (χ2v) is 7.19. The van der Waals surface area contributed by atoms with Crippen LogP contribution in [0, 0.1) is 0 Å². The van der Waals surface area contributed by atoms with Crippen molar-refractivity contribution in [3.63, 3.8) is 0 Å². The van der Waals surface area contributed by atoms with E-state index in [1.165, 1.54) is 11.4 Å². The topological polar surface area (TPSA) is 33.1 Å². The van der Waals surface area contributed by atoms with Gasteiger partial charge in [-0.15, -0.1) is 0 Å². The van der Waals surface area contributed by atoms with Crippen molar-refractivity contribution in [3.05, 3.63) is 41.2 Å². The standard InChI is InChI=1S/C17H23ClN4/c1-17(2,3)16-15(21-9-7-19-8-10-21)12-20-22(16)14-6-4-5-13(18)11-14/h4-6,11-12,19H,7-10H2,1-3H3. The first-order valence-electron chi connectivity index (χ1n) is 7.77. The lowest BCUT2D eigenvalue weighted by atomic mass is 9.90. The van der Waals surface area contributed by atoms with Crippen LogP contribution >= 0.6 is 11.6 Å². The predicted molar refractivity (Wildman–Crippen MR) is 92.4 cm³/mol. The lowest BCUT2D eigenvalue weighted by Crippen LogP contribution is -2.44. The highest BCUT2D eigenvalue weighted by molar-refractivity contribution is 6.30. The maximum absolute atomic E-state index is 6.16. The van der Waals surface area contributed by atoms with Crippen molar-refractivity contribution in [1.29, 1.82) is 0 Å². The number of hydrogen-bond acceptors (Lipinski definition) is 3. The minimum absolute atomic E-state index is 0.000966. The van der Waals surface area contributed by atoms with Gasteiger partial charge in [-0.25, -0.2) is 4.68 Å². The van der Waals surface area contributed by atoms with Crippen molar-refractivity contribution in [1.82, 2.24) is 15.1 Å². The van der Waals surface area contributed by atoms with Crippen molar-refractivity contribution in [2.45, 2.75) is 26.2 Å². The summed E-state index contributed by atoms with van der Waals surface area (Å²) in [5, 5.41) is 8.80. The van der Waals surface area contributed by atoms with Crippen LogP contribution in [0.4, 0.5) is 5.69 Å². The van der Waals surface area contributed by atoms with Crippen LogP contribution in [0.15, 0.2) is 30.5 Å². The predicted octanol–water partition coefficient (Wildman–Crippen LogP) is 3.23. The normalized spacial score (nSPS) is 16.1. The molecule has 4 nitrogen and oxygen atoms in total. The number of anilines is 1. The second-order valence-electron chi connectivity index (χ2n) is 6.76. The van der Waals surface area contributed by atoms with Crippen LogP contribution in [0.1, 0.15) is 26.5 Å². The molecule has 1 saturated heterocycles. The number of piperazine rings is 1. The van der Waals surface area contributed by atoms with Crippen LogP contribution in [0.25, 0.3) is 5.69 Å². The second kappa shape index (κ2) is 5.94. The Hall–Kier alpha value is -1.52. The molecule has 0 atom stereocenters. The maximum Gasteiger partial charge on any atom is 0.0796 e. The summed E-state index contributed by atoms with van der Waals surface area (Å²) in [5.41, 5.74) is 3.48. The fraction of sp³-hybridized carbons (Fsp3) is 0.471. The van der Waals surface area contributed by atoms with E-state index >= 15 is 0 Å². The molecule has 5 heteroatoms. The highest BCUT2D eigenvalue weighted by Gasteiger charge is 2.28. The quantitative estimate of drug-likeness (QED) is 0.923. The first-order chi connectivity index (χ1) is 10.5. The first kappa shape index (κ1) is 15.4. The van der Waals surface area contributed by atoms with E-state index in [4.69, 9.17) is 11.6 Å². The Morgan fingerprint density at radius 1 is 1.18 bits per heavy atom. The third-order valence-electron chi connectivity index (χ3n) is 3.97. The van der Waals surface area contributed by atoms with Gasteiger partial charge in [-0.1, -0.05) is 38.4 Å². The van der Waals surface area contributed by atoms with Gasteiger partial charge in [-0.3, -0.25) is 0 Å². The number of hydrogen-bond donors (Lipinski definition) is 1. The van der Waals surface area contributed by atoms with Crippen LogP contribution in [0.3, 0.4) is 0 Å². The van der Waals surface area contributed by atoms with Crippen LogP contribution in [-0.4, -0.2) is 36.0 Å². The van der Waals surface area contributed by atoms with E-state index < -0.39 is 0 Å². The molecule has 2 heterocycles. The molecule has 0 amide bonds. The van der Waals surface area contributed by atoms with E-state index in [2.05, 4.69) is 42.2 Å². The molecule has 0 bridgehead atoms. The zero-order chi connectivity index (χ0) is 15.7.